The number of carbonyl (C=O) groups is 2. The van der Waals surface area contributed by atoms with E-state index in [2.05, 4.69) is 43.5 Å². The van der Waals surface area contributed by atoms with Crippen molar-refractivity contribution >= 4 is 56.5 Å². The monoisotopic (exact) mass is 512 g/mol. The first-order valence-electron chi connectivity index (χ1n) is 7.30. The Morgan fingerprint density at radius 2 is 1.50 bits per heavy atom. The minimum absolute atomic E-state index is 0.142. The number of rotatable bonds is 1. The fourth-order valence-electron chi connectivity index (χ4n) is 1.59. The van der Waals surface area contributed by atoms with Crippen LogP contribution in [0.4, 0.5) is 15.4 Å². The fourth-order valence-corrected chi connectivity index (χ4v) is 2.36. The van der Waals surface area contributed by atoms with Crippen molar-refractivity contribution < 1.29 is 19.1 Å². The lowest BCUT2D eigenvalue weighted by molar-refractivity contribution is 0.0429. The van der Waals surface area contributed by atoms with E-state index in [0.717, 1.165) is 12.9 Å². The molecule has 0 radical (unpaired) electrons. The second kappa shape index (κ2) is 7.55. The third-order valence-electron chi connectivity index (χ3n) is 2.45. The zero-order valence-corrected chi connectivity index (χ0v) is 18.6. The van der Waals surface area contributed by atoms with E-state index in [-0.39, 0.29) is 5.82 Å². The number of ether oxygens (including phenoxy) is 2. The van der Waals surface area contributed by atoms with Crippen LogP contribution in [0.1, 0.15) is 47.2 Å². The molecule has 0 aliphatic rings. The van der Waals surface area contributed by atoms with Crippen molar-refractivity contribution in [2.75, 3.05) is 4.90 Å². The maximum Gasteiger partial charge on any atom is 0.425 e. The van der Waals surface area contributed by atoms with Gasteiger partial charge in [-0.25, -0.2) is 14.6 Å². The van der Waals surface area contributed by atoms with E-state index in [1.165, 1.54) is 0 Å². The summed E-state index contributed by atoms with van der Waals surface area (Å²) in [4.78, 5) is 30.2. The van der Waals surface area contributed by atoms with E-state index < -0.39 is 23.4 Å². The highest BCUT2D eigenvalue weighted by Gasteiger charge is 2.34. The van der Waals surface area contributed by atoms with E-state index in [0.29, 0.717) is 5.69 Å². The molecule has 134 valence electrons. The van der Waals surface area contributed by atoms with Gasteiger partial charge in [-0.15, -0.1) is 0 Å². The van der Waals surface area contributed by atoms with Crippen molar-refractivity contribution in [3.05, 3.63) is 19.8 Å². The average molecular weight is 513 g/mol. The summed E-state index contributed by atoms with van der Waals surface area (Å²) in [6.07, 6.45) is -1.67. The molecule has 0 saturated carbocycles. The van der Waals surface area contributed by atoms with Gasteiger partial charge >= 0.3 is 12.2 Å². The lowest BCUT2D eigenvalue weighted by Crippen LogP contribution is -2.44. The van der Waals surface area contributed by atoms with Gasteiger partial charge in [0.25, 0.3) is 0 Å². The van der Waals surface area contributed by atoms with E-state index >= 15 is 0 Å². The molecule has 24 heavy (non-hydrogen) atoms. The van der Waals surface area contributed by atoms with Gasteiger partial charge in [0.2, 0.25) is 0 Å². The predicted molar refractivity (Wildman–Crippen MR) is 104 cm³/mol. The van der Waals surface area contributed by atoms with Crippen LogP contribution in [-0.2, 0) is 9.47 Å². The number of amides is 2. The molecule has 0 aliphatic carbocycles. The van der Waals surface area contributed by atoms with Gasteiger partial charge in [0.05, 0.1) is 5.69 Å². The minimum atomic E-state index is -0.836. The molecular weight excluding hydrogens is 491 g/mol. The van der Waals surface area contributed by atoms with Crippen molar-refractivity contribution in [3.63, 3.8) is 0 Å². The average Bonchev–Trinajstić information content (AvgIpc) is 2.31. The smallest absolute Gasteiger partial charge is 0.425 e. The number of carbonyl (C=O) groups excluding carboxylic acids is 2. The highest BCUT2D eigenvalue weighted by atomic mass is 127. The standard InChI is InChI=1S/C16H22BrIN2O4/c1-9-12(18)10(17)8-11(19-9)20(13(21)23-15(2,3)4)14(22)24-16(5,6)7/h8H,1-7H3. The third-order valence-corrected chi connectivity index (χ3v) is 5.17. The van der Waals surface area contributed by atoms with Crippen LogP contribution in [0.15, 0.2) is 10.5 Å². The number of hydrogen-bond donors (Lipinski definition) is 0. The van der Waals surface area contributed by atoms with Gasteiger partial charge in [0.1, 0.15) is 17.0 Å². The summed E-state index contributed by atoms with van der Waals surface area (Å²) in [5, 5.41) is 0. The molecule has 0 N–H and O–H groups in total. The molecule has 6 nitrogen and oxygen atoms in total. The molecule has 0 fully saturated rings. The molecule has 1 rings (SSSR count). The fraction of sp³-hybridized carbons (Fsp3) is 0.562. The summed E-state index contributed by atoms with van der Waals surface area (Å²) in [5.74, 6) is 0.142. The van der Waals surface area contributed by atoms with E-state index in [1.54, 1.807) is 54.5 Å². The molecule has 0 unspecified atom stereocenters. The van der Waals surface area contributed by atoms with Gasteiger partial charge in [-0.1, -0.05) is 0 Å². The molecule has 0 bridgehead atoms. The summed E-state index contributed by atoms with van der Waals surface area (Å²) in [7, 11) is 0. The van der Waals surface area contributed by atoms with Gasteiger partial charge in [-0.05, 0) is 93.1 Å². The number of halogens is 2. The van der Waals surface area contributed by atoms with Crippen LogP contribution < -0.4 is 4.90 Å². The highest BCUT2D eigenvalue weighted by molar-refractivity contribution is 14.1. The van der Waals surface area contributed by atoms with Crippen LogP contribution in [0.25, 0.3) is 0 Å². The van der Waals surface area contributed by atoms with Crippen LogP contribution >= 0.6 is 38.5 Å². The van der Waals surface area contributed by atoms with E-state index in [9.17, 15) is 9.59 Å². The Morgan fingerprint density at radius 1 is 1.08 bits per heavy atom. The molecular formula is C16H22BrIN2O4. The molecule has 1 aromatic heterocycles. The van der Waals surface area contributed by atoms with Gasteiger partial charge in [0.15, 0.2) is 0 Å². The Bertz CT molecular complexity index is 599. The molecule has 8 heteroatoms. The summed E-state index contributed by atoms with van der Waals surface area (Å²) in [6, 6.07) is 1.59. The summed E-state index contributed by atoms with van der Waals surface area (Å²) in [5.41, 5.74) is -0.836. The Hall–Kier alpha value is -0.900. The van der Waals surface area contributed by atoms with Crippen LogP contribution in [-0.4, -0.2) is 28.4 Å². The van der Waals surface area contributed by atoms with Gasteiger partial charge in [0, 0.05) is 8.04 Å². The molecule has 0 spiro atoms. The molecule has 1 aromatic rings. The third kappa shape index (κ3) is 6.19. The van der Waals surface area contributed by atoms with Crippen molar-refractivity contribution in [3.8, 4) is 0 Å². The highest BCUT2D eigenvalue weighted by Crippen LogP contribution is 2.28. The maximum absolute atomic E-state index is 12.5. The number of anilines is 1. The quantitative estimate of drug-likeness (QED) is 0.469. The molecule has 0 atom stereocenters. The minimum Gasteiger partial charge on any atom is -0.443 e. The second-order valence-electron chi connectivity index (χ2n) is 7.16. The van der Waals surface area contributed by atoms with Gasteiger partial charge in [-0.2, -0.15) is 4.90 Å². The molecule has 0 aromatic carbocycles. The summed E-state index contributed by atoms with van der Waals surface area (Å²) in [6.45, 7) is 12.1. The number of aromatic nitrogens is 1. The van der Waals surface area contributed by atoms with Crippen LogP contribution in [0.2, 0.25) is 0 Å². The van der Waals surface area contributed by atoms with Gasteiger partial charge in [-0.3, -0.25) is 0 Å². The zero-order chi connectivity index (χ0) is 18.9. The topological polar surface area (TPSA) is 68.7 Å². The Morgan fingerprint density at radius 3 is 1.83 bits per heavy atom. The van der Waals surface area contributed by atoms with E-state index in [1.807, 2.05) is 0 Å². The number of aryl methyl sites for hydroxylation is 1. The van der Waals surface area contributed by atoms with E-state index in [4.69, 9.17) is 9.47 Å². The lowest BCUT2D eigenvalue weighted by Gasteiger charge is -2.28. The molecule has 1 heterocycles. The largest absolute Gasteiger partial charge is 0.443 e. The first-order valence-corrected chi connectivity index (χ1v) is 9.17. The number of imide groups is 1. The first kappa shape index (κ1) is 21.1. The lowest BCUT2D eigenvalue weighted by atomic mass is 10.2. The number of pyridine rings is 1. The first-order chi connectivity index (χ1) is 10.7. The van der Waals surface area contributed by atoms with Gasteiger partial charge < -0.3 is 9.47 Å². The Balaban J connectivity index is 3.33. The molecule has 0 saturated heterocycles. The second-order valence-corrected chi connectivity index (χ2v) is 9.09. The molecule has 0 aliphatic heterocycles. The maximum atomic E-state index is 12.5. The van der Waals surface area contributed by atoms with Crippen molar-refractivity contribution in [2.24, 2.45) is 0 Å². The van der Waals surface area contributed by atoms with Crippen molar-refractivity contribution in [1.29, 1.82) is 0 Å². The summed E-state index contributed by atoms with van der Waals surface area (Å²) >= 11 is 5.54. The summed E-state index contributed by atoms with van der Waals surface area (Å²) < 4.78 is 12.3. The number of nitrogens with zero attached hydrogens (tertiary/aromatic N) is 2. The SMILES string of the molecule is Cc1nc(N(C(=O)OC(C)(C)C)C(=O)OC(C)(C)C)cc(Br)c1I. The zero-order valence-electron chi connectivity index (χ0n) is 14.9. The predicted octanol–water partition coefficient (Wildman–Crippen LogP) is 5.43. The Labute approximate surface area is 164 Å². The van der Waals surface area contributed by atoms with Crippen molar-refractivity contribution in [2.45, 2.75) is 59.7 Å². The van der Waals surface area contributed by atoms with Crippen LogP contribution in [0, 0.1) is 10.5 Å². The normalized spacial score (nSPS) is 11.9. The van der Waals surface area contributed by atoms with Crippen molar-refractivity contribution in [1.82, 2.24) is 4.98 Å². The Kier molecular flexibility index (Phi) is 6.65. The van der Waals surface area contributed by atoms with Crippen LogP contribution in [0.3, 0.4) is 0 Å². The van der Waals surface area contributed by atoms with Crippen LogP contribution in [0.5, 0.6) is 0 Å². The molecule has 2 amide bonds. The number of hydrogen-bond acceptors (Lipinski definition) is 5.